The van der Waals surface area contributed by atoms with Crippen LogP contribution in [-0.4, -0.2) is 53.3 Å². The van der Waals surface area contributed by atoms with Crippen molar-refractivity contribution in [2.24, 2.45) is 10.9 Å². The van der Waals surface area contributed by atoms with E-state index in [4.69, 9.17) is 4.74 Å². The van der Waals surface area contributed by atoms with E-state index in [2.05, 4.69) is 4.99 Å². The lowest BCUT2D eigenvalue weighted by Gasteiger charge is -2.27. The van der Waals surface area contributed by atoms with Gasteiger partial charge in [-0.1, -0.05) is 50.3 Å². The molecule has 1 saturated carbocycles. The molecule has 1 unspecified atom stereocenters. The predicted molar refractivity (Wildman–Crippen MR) is 91.6 cm³/mol. The van der Waals surface area contributed by atoms with Gasteiger partial charge in [-0.05, 0) is 12.3 Å². The zero-order chi connectivity index (χ0) is 16.1. The van der Waals surface area contributed by atoms with Crippen molar-refractivity contribution in [3.05, 3.63) is 0 Å². The lowest BCUT2D eigenvalue weighted by Crippen LogP contribution is -2.42. The molecule has 3 aliphatic rings. The molecule has 2 aliphatic heterocycles. The lowest BCUT2D eigenvalue weighted by atomic mass is 9.97. The maximum absolute atomic E-state index is 12.3. The summed E-state index contributed by atoms with van der Waals surface area (Å²) in [6.07, 6.45) is 9.00. The van der Waals surface area contributed by atoms with E-state index in [9.17, 15) is 9.59 Å². The molecular weight excluding hydrogens is 312 g/mol. The molecule has 6 heteroatoms. The average Bonchev–Trinajstić information content (AvgIpc) is 2.76. The first-order chi connectivity index (χ1) is 11.2. The zero-order valence-electron chi connectivity index (χ0n) is 13.7. The molecule has 0 aromatic rings. The third-order valence-corrected chi connectivity index (χ3v) is 6.13. The van der Waals surface area contributed by atoms with Crippen molar-refractivity contribution in [3.8, 4) is 0 Å². The highest BCUT2D eigenvalue weighted by atomic mass is 32.2. The summed E-state index contributed by atoms with van der Waals surface area (Å²) in [5.41, 5.74) is 0. The van der Waals surface area contributed by atoms with Crippen molar-refractivity contribution in [2.75, 3.05) is 26.3 Å². The summed E-state index contributed by atoms with van der Waals surface area (Å²) in [5, 5.41) is 0.660. The number of carbonyl (C=O) groups is 2. The highest BCUT2D eigenvalue weighted by molar-refractivity contribution is 8.15. The Kier molecular flexibility index (Phi) is 6.11. The second-order valence-corrected chi connectivity index (χ2v) is 7.99. The first kappa shape index (κ1) is 17.0. The maximum atomic E-state index is 12.3. The largest absolute Gasteiger partial charge is 0.378 e. The van der Waals surface area contributed by atoms with Crippen LogP contribution < -0.4 is 0 Å². The van der Waals surface area contributed by atoms with Gasteiger partial charge in [-0.3, -0.25) is 9.59 Å². The second kappa shape index (κ2) is 8.29. The van der Waals surface area contributed by atoms with Crippen molar-refractivity contribution < 1.29 is 14.3 Å². The maximum Gasteiger partial charge on any atom is 0.260 e. The minimum Gasteiger partial charge on any atom is -0.378 e. The van der Waals surface area contributed by atoms with E-state index in [1.54, 1.807) is 4.90 Å². The summed E-state index contributed by atoms with van der Waals surface area (Å²) >= 11 is 1.53. The van der Waals surface area contributed by atoms with Crippen LogP contribution in [0.3, 0.4) is 0 Å². The van der Waals surface area contributed by atoms with Crippen molar-refractivity contribution in [1.82, 2.24) is 4.90 Å². The summed E-state index contributed by atoms with van der Waals surface area (Å²) in [5.74, 6) is 0.621. The van der Waals surface area contributed by atoms with Gasteiger partial charge in [-0.25, -0.2) is 4.99 Å². The van der Waals surface area contributed by atoms with E-state index in [0.717, 1.165) is 11.5 Å². The molecule has 0 spiro atoms. The summed E-state index contributed by atoms with van der Waals surface area (Å²) in [4.78, 5) is 30.4. The monoisotopic (exact) mass is 338 g/mol. The van der Waals surface area contributed by atoms with E-state index in [0.29, 0.717) is 32.2 Å². The number of rotatable bonds is 4. The van der Waals surface area contributed by atoms with Gasteiger partial charge in [0.05, 0.1) is 18.3 Å². The van der Waals surface area contributed by atoms with Crippen molar-refractivity contribution in [1.29, 1.82) is 0 Å². The summed E-state index contributed by atoms with van der Waals surface area (Å²) < 4.78 is 5.26. The van der Waals surface area contributed by atoms with Crippen molar-refractivity contribution in [3.63, 3.8) is 0 Å². The van der Waals surface area contributed by atoms with Gasteiger partial charge in [0.25, 0.3) is 5.91 Å². The molecular formula is C17H26N2O3S. The van der Waals surface area contributed by atoms with Gasteiger partial charge < -0.3 is 9.64 Å². The van der Waals surface area contributed by atoms with Gasteiger partial charge >= 0.3 is 0 Å². The van der Waals surface area contributed by atoms with E-state index in [1.807, 2.05) is 0 Å². The quantitative estimate of drug-likeness (QED) is 0.740. The van der Waals surface area contributed by atoms with Gasteiger partial charge in [-0.2, -0.15) is 0 Å². The summed E-state index contributed by atoms with van der Waals surface area (Å²) in [6, 6.07) is 0. The van der Waals surface area contributed by atoms with Crippen LogP contribution in [0.2, 0.25) is 0 Å². The topological polar surface area (TPSA) is 59.0 Å². The fourth-order valence-electron chi connectivity index (χ4n) is 3.57. The number of nitrogens with zero attached hydrogens (tertiary/aromatic N) is 2. The van der Waals surface area contributed by atoms with Gasteiger partial charge in [0.2, 0.25) is 5.91 Å². The van der Waals surface area contributed by atoms with Crippen LogP contribution in [0, 0.1) is 5.92 Å². The number of thioether (sulfide) groups is 1. The van der Waals surface area contributed by atoms with E-state index >= 15 is 0 Å². The number of ether oxygens (including phenoxy) is 1. The molecule has 128 valence electrons. The Morgan fingerprint density at radius 2 is 1.87 bits per heavy atom. The first-order valence-electron chi connectivity index (χ1n) is 8.86. The van der Waals surface area contributed by atoms with Crippen molar-refractivity contribution in [2.45, 2.75) is 56.6 Å². The SMILES string of the molecule is O=C1N=C(CC2CCCCCC2)SC1CC(=O)N1CCOCC1. The third kappa shape index (κ3) is 4.80. The molecule has 1 atom stereocenters. The Hall–Kier alpha value is -0.880. The molecule has 3 rings (SSSR count). The highest BCUT2D eigenvalue weighted by Crippen LogP contribution is 2.33. The van der Waals surface area contributed by atoms with Crippen LogP contribution in [0.5, 0.6) is 0 Å². The predicted octanol–water partition coefficient (Wildman–Crippen LogP) is 2.64. The molecule has 2 heterocycles. The molecule has 0 aromatic carbocycles. The van der Waals surface area contributed by atoms with Gasteiger partial charge in [-0.15, -0.1) is 0 Å². The Labute approximate surface area is 142 Å². The third-order valence-electron chi connectivity index (χ3n) is 4.95. The summed E-state index contributed by atoms with van der Waals surface area (Å²) in [7, 11) is 0. The number of morpholine rings is 1. The molecule has 0 aromatic heterocycles. The van der Waals surface area contributed by atoms with Gasteiger partial charge in [0, 0.05) is 19.5 Å². The van der Waals surface area contributed by atoms with Crippen molar-refractivity contribution >= 4 is 28.6 Å². The fraction of sp³-hybridized carbons (Fsp3) is 0.824. The normalized spacial score (nSPS) is 27.0. The number of hydrogen-bond acceptors (Lipinski definition) is 4. The smallest absolute Gasteiger partial charge is 0.260 e. The standard InChI is InChI=1S/C17H26N2O3S/c20-16(19-7-9-22-10-8-19)12-14-17(21)18-15(23-14)11-13-5-3-1-2-4-6-13/h13-14H,1-12H2. The zero-order valence-corrected chi connectivity index (χ0v) is 14.5. The van der Waals surface area contributed by atoms with Gasteiger partial charge in [0.15, 0.2) is 0 Å². The lowest BCUT2D eigenvalue weighted by molar-refractivity contribution is -0.136. The van der Waals surface area contributed by atoms with E-state index in [1.165, 1.54) is 50.3 Å². The number of carbonyl (C=O) groups excluding carboxylic acids is 2. The molecule has 1 aliphatic carbocycles. The molecule has 1 saturated heterocycles. The Bertz CT molecular complexity index is 466. The van der Waals surface area contributed by atoms with E-state index < -0.39 is 0 Å². The molecule has 23 heavy (non-hydrogen) atoms. The Balaban J connectivity index is 1.47. The van der Waals surface area contributed by atoms with Crippen LogP contribution in [0.1, 0.15) is 51.4 Å². The second-order valence-electron chi connectivity index (χ2n) is 6.71. The van der Waals surface area contributed by atoms with Crippen LogP contribution in [0.15, 0.2) is 4.99 Å². The minimum absolute atomic E-state index is 0.0602. The van der Waals surface area contributed by atoms with Crippen LogP contribution in [0.4, 0.5) is 0 Å². The Morgan fingerprint density at radius 1 is 1.17 bits per heavy atom. The number of amides is 2. The highest BCUT2D eigenvalue weighted by Gasteiger charge is 2.33. The first-order valence-corrected chi connectivity index (χ1v) is 9.74. The molecule has 0 bridgehead atoms. The van der Waals surface area contributed by atoms with Crippen LogP contribution in [-0.2, 0) is 14.3 Å². The number of hydrogen-bond donors (Lipinski definition) is 0. The van der Waals surface area contributed by atoms with E-state index in [-0.39, 0.29) is 23.5 Å². The fourth-order valence-corrected chi connectivity index (χ4v) is 4.76. The Morgan fingerprint density at radius 3 is 2.57 bits per heavy atom. The molecule has 2 amide bonds. The average molecular weight is 338 g/mol. The summed E-state index contributed by atoms with van der Waals surface area (Å²) in [6.45, 7) is 2.47. The van der Waals surface area contributed by atoms with Crippen LogP contribution >= 0.6 is 11.8 Å². The minimum atomic E-state index is -0.300. The molecule has 0 N–H and O–H groups in total. The number of aliphatic imine (C=N–C) groups is 1. The van der Waals surface area contributed by atoms with Gasteiger partial charge in [0.1, 0.15) is 5.25 Å². The molecule has 0 radical (unpaired) electrons. The van der Waals surface area contributed by atoms with Crippen LogP contribution in [0.25, 0.3) is 0 Å². The molecule has 2 fully saturated rings. The molecule has 5 nitrogen and oxygen atoms in total.